The second kappa shape index (κ2) is 9.40. The van der Waals surface area contributed by atoms with Gasteiger partial charge < -0.3 is 15.1 Å². The number of imide groups is 1. The van der Waals surface area contributed by atoms with Gasteiger partial charge in [0.05, 0.1) is 5.25 Å². The smallest absolute Gasteiger partial charge is 0.318 e. The van der Waals surface area contributed by atoms with Crippen molar-refractivity contribution in [3.05, 3.63) is 24.3 Å². The molecule has 0 aliphatic rings. The van der Waals surface area contributed by atoms with Gasteiger partial charge in [-0.3, -0.25) is 10.1 Å². The number of amides is 3. The summed E-state index contributed by atoms with van der Waals surface area (Å²) in [6.45, 7) is 9.81. The highest BCUT2D eigenvalue weighted by atomic mass is 32.2. The molecule has 2 aromatic rings. The first kappa shape index (κ1) is 20.8. The van der Waals surface area contributed by atoms with Gasteiger partial charge in [0.25, 0.3) is 5.22 Å². The number of hydrogen-bond donors (Lipinski definition) is 2. The number of primary amides is 1. The number of benzene rings is 1. The fourth-order valence-electron chi connectivity index (χ4n) is 2.57. The fourth-order valence-corrected chi connectivity index (χ4v) is 3.44. The number of rotatable bonds is 8. The van der Waals surface area contributed by atoms with Gasteiger partial charge in [-0.15, -0.1) is 10.2 Å². The average molecular weight is 391 g/mol. The van der Waals surface area contributed by atoms with Crippen LogP contribution >= 0.6 is 11.8 Å². The van der Waals surface area contributed by atoms with Gasteiger partial charge >= 0.3 is 6.03 Å². The molecule has 9 heteroatoms. The molecule has 0 saturated carbocycles. The van der Waals surface area contributed by atoms with E-state index in [0.29, 0.717) is 5.89 Å². The molecule has 1 heterocycles. The van der Waals surface area contributed by atoms with Crippen LogP contribution in [0, 0.1) is 5.92 Å². The first-order valence-electron chi connectivity index (χ1n) is 8.81. The molecule has 1 atom stereocenters. The molecule has 1 aromatic heterocycles. The lowest BCUT2D eigenvalue weighted by Gasteiger charge is -2.20. The highest BCUT2D eigenvalue weighted by Gasteiger charge is 2.27. The van der Waals surface area contributed by atoms with E-state index in [1.165, 1.54) is 0 Å². The van der Waals surface area contributed by atoms with Crippen LogP contribution < -0.4 is 16.0 Å². The van der Waals surface area contributed by atoms with Gasteiger partial charge in [-0.2, -0.15) is 0 Å². The molecule has 0 aliphatic carbocycles. The van der Waals surface area contributed by atoms with Gasteiger partial charge in [-0.25, -0.2) is 4.79 Å². The summed E-state index contributed by atoms with van der Waals surface area (Å²) in [5, 5.41) is 9.85. The minimum Gasteiger partial charge on any atom is -0.411 e. The summed E-state index contributed by atoms with van der Waals surface area (Å²) < 4.78 is 5.69. The molecule has 0 spiro atoms. The highest BCUT2D eigenvalue weighted by molar-refractivity contribution is 8.00. The number of nitrogens with one attached hydrogen (secondary N) is 1. The zero-order valence-electron chi connectivity index (χ0n) is 15.9. The minimum atomic E-state index is -0.884. The van der Waals surface area contributed by atoms with Crippen molar-refractivity contribution in [2.75, 3.05) is 18.0 Å². The third-order valence-corrected chi connectivity index (χ3v) is 5.37. The Morgan fingerprint density at radius 2 is 1.81 bits per heavy atom. The summed E-state index contributed by atoms with van der Waals surface area (Å²) in [6, 6.07) is 6.99. The number of nitrogens with zero attached hydrogens (tertiary/aromatic N) is 3. The Morgan fingerprint density at radius 1 is 1.19 bits per heavy atom. The molecule has 2 rings (SSSR count). The van der Waals surface area contributed by atoms with E-state index < -0.39 is 17.2 Å². The number of carbonyl (C=O) groups is 2. The molecule has 1 unspecified atom stereocenters. The van der Waals surface area contributed by atoms with Crippen molar-refractivity contribution in [1.29, 1.82) is 0 Å². The first-order chi connectivity index (χ1) is 12.8. The van der Waals surface area contributed by atoms with Crippen molar-refractivity contribution in [2.24, 2.45) is 11.7 Å². The van der Waals surface area contributed by atoms with Crippen LogP contribution in [0.2, 0.25) is 0 Å². The molecule has 1 aromatic carbocycles. The Labute approximate surface area is 162 Å². The van der Waals surface area contributed by atoms with Crippen LogP contribution in [0.4, 0.5) is 10.5 Å². The van der Waals surface area contributed by atoms with Crippen LogP contribution in [0.5, 0.6) is 0 Å². The second-order valence-corrected chi connectivity index (χ2v) is 7.32. The maximum Gasteiger partial charge on any atom is 0.318 e. The lowest BCUT2D eigenvalue weighted by Crippen LogP contribution is -2.42. The zero-order chi connectivity index (χ0) is 20.0. The van der Waals surface area contributed by atoms with Crippen LogP contribution in [0.1, 0.15) is 27.7 Å². The van der Waals surface area contributed by atoms with Crippen molar-refractivity contribution in [3.8, 4) is 11.5 Å². The molecule has 0 aliphatic heterocycles. The normalized spacial score (nSPS) is 12.0. The van der Waals surface area contributed by atoms with Crippen LogP contribution in [0.25, 0.3) is 11.5 Å². The molecule has 146 valence electrons. The summed E-state index contributed by atoms with van der Waals surface area (Å²) in [6.07, 6.45) is 0. The largest absolute Gasteiger partial charge is 0.411 e. The Kier molecular flexibility index (Phi) is 7.23. The average Bonchev–Trinajstić information content (AvgIpc) is 3.09. The SMILES string of the molecule is CCN(CC)c1ccc(-c2nnc(SC(C(=O)NC(N)=O)C(C)C)o2)cc1. The molecule has 0 radical (unpaired) electrons. The lowest BCUT2D eigenvalue weighted by molar-refractivity contribution is -0.120. The van der Waals surface area contributed by atoms with Gasteiger partial charge in [-0.1, -0.05) is 25.6 Å². The molecule has 3 N–H and O–H groups in total. The number of thioether (sulfide) groups is 1. The number of anilines is 1. The molecule has 27 heavy (non-hydrogen) atoms. The summed E-state index contributed by atoms with van der Waals surface area (Å²) in [5.41, 5.74) is 6.95. The molecular weight excluding hydrogens is 366 g/mol. The maximum atomic E-state index is 12.1. The maximum absolute atomic E-state index is 12.1. The lowest BCUT2D eigenvalue weighted by atomic mass is 10.1. The summed E-state index contributed by atoms with van der Waals surface area (Å²) >= 11 is 1.11. The Balaban J connectivity index is 2.13. The second-order valence-electron chi connectivity index (χ2n) is 6.23. The van der Waals surface area contributed by atoms with Gasteiger partial charge in [0.2, 0.25) is 11.8 Å². The van der Waals surface area contributed by atoms with E-state index in [0.717, 1.165) is 36.1 Å². The van der Waals surface area contributed by atoms with Crippen molar-refractivity contribution >= 4 is 29.4 Å². The van der Waals surface area contributed by atoms with Gasteiger partial charge in [0, 0.05) is 24.3 Å². The predicted octanol–water partition coefficient (Wildman–Crippen LogP) is 2.89. The van der Waals surface area contributed by atoms with E-state index >= 15 is 0 Å². The third kappa shape index (κ3) is 5.46. The number of hydrogen-bond acceptors (Lipinski definition) is 7. The number of carbonyl (C=O) groups excluding carboxylic acids is 2. The minimum absolute atomic E-state index is 0.0574. The van der Waals surface area contributed by atoms with Crippen LogP contribution in [-0.2, 0) is 4.79 Å². The van der Waals surface area contributed by atoms with Crippen LogP contribution in [-0.4, -0.2) is 40.5 Å². The molecule has 8 nitrogen and oxygen atoms in total. The summed E-state index contributed by atoms with van der Waals surface area (Å²) in [4.78, 5) is 25.3. The van der Waals surface area contributed by atoms with Crippen molar-refractivity contribution in [1.82, 2.24) is 15.5 Å². The van der Waals surface area contributed by atoms with Crippen molar-refractivity contribution in [2.45, 2.75) is 38.2 Å². The first-order valence-corrected chi connectivity index (χ1v) is 9.69. The highest BCUT2D eigenvalue weighted by Crippen LogP contribution is 2.30. The van der Waals surface area contributed by atoms with Crippen molar-refractivity contribution in [3.63, 3.8) is 0 Å². The Bertz CT molecular complexity index is 772. The molecule has 0 saturated heterocycles. The monoisotopic (exact) mass is 391 g/mol. The summed E-state index contributed by atoms with van der Waals surface area (Å²) in [5.74, 6) is -0.162. The van der Waals surface area contributed by atoms with Crippen LogP contribution in [0.3, 0.4) is 0 Å². The van der Waals surface area contributed by atoms with Gasteiger partial charge in [-0.05, 0) is 44.0 Å². The van der Waals surface area contributed by atoms with Crippen molar-refractivity contribution < 1.29 is 14.0 Å². The van der Waals surface area contributed by atoms with Crippen LogP contribution in [0.15, 0.2) is 33.9 Å². The number of urea groups is 1. The fraction of sp³-hybridized carbons (Fsp3) is 0.444. The Morgan fingerprint density at radius 3 is 2.33 bits per heavy atom. The van der Waals surface area contributed by atoms with E-state index in [1.807, 2.05) is 38.1 Å². The quantitative estimate of drug-likeness (QED) is 0.665. The van der Waals surface area contributed by atoms with Gasteiger partial charge in [0.15, 0.2) is 0 Å². The van der Waals surface area contributed by atoms with Gasteiger partial charge in [0.1, 0.15) is 0 Å². The van der Waals surface area contributed by atoms with E-state index in [-0.39, 0.29) is 11.1 Å². The van der Waals surface area contributed by atoms with E-state index in [4.69, 9.17) is 10.2 Å². The van der Waals surface area contributed by atoms with E-state index in [9.17, 15) is 9.59 Å². The summed E-state index contributed by atoms with van der Waals surface area (Å²) in [7, 11) is 0. The molecular formula is C18H25N5O3S. The molecule has 3 amide bonds. The third-order valence-electron chi connectivity index (χ3n) is 3.99. The number of aromatic nitrogens is 2. The number of nitrogens with two attached hydrogens (primary N) is 1. The predicted molar refractivity (Wildman–Crippen MR) is 106 cm³/mol. The molecule has 0 bridgehead atoms. The topological polar surface area (TPSA) is 114 Å². The zero-order valence-corrected chi connectivity index (χ0v) is 16.7. The standard InChI is InChI=1S/C18H25N5O3S/c1-5-23(6-2)13-9-7-12(8-10-13)16-21-22-18(26-16)27-14(11(3)4)15(24)20-17(19)25/h7-11,14H,5-6H2,1-4H3,(H3,19,20,24,25). The van der Waals surface area contributed by atoms with E-state index in [2.05, 4.69) is 34.3 Å². The molecule has 0 fully saturated rings. The van der Waals surface area contributed by atoms with E-state index in [1.54, 1.807) is 0 Å². The Hall–Kier alpha value is -2.55.